The van der Waals surface area contributed by atoms with E-state index < -0.39 is 28.3 Å². The second-order valence-electron chi connectivity index (χ2n) is 5.58. The zero-order chi connectivity index (χ0) is 20.9. The Morgan fingerprint density at radius 1 is 1.04 bits per heavy atom. The van der Waals surface area contributed by atoms with Crippen LogP contribution in [-0.2, 0) is 24.2 Å². The minimum absolute atomic E-state index is 0.00578. The molecule has 2 rings (SSSR count). The van der Waals surface area contributed by atoms with Gasteiger partial charge in [-0.3, -0.25) is 4.79 Å². The number of carbonyl (C=O) groups is 2. The zero-order valence-corrected chi connectivity index (χ0v) is 17.5. The molecule has 0 aliphatic carbocycles. The van der Waals surface area contributed by atoms with Crippen molar-refractivity contribution in [3.63, 3.8) is 0 Å². The van der Waals surface area contributed by atoms with Gasteiger partial charge in [-0.2, -0.15) is 0 Å². The molecule has 0 radical (unpaired) electrons. The minimum atomic E-state index is -3.47. The molecule has 1 N–H and O–H groups in total. The third kappa shape index (κ3) is 6.53. The van der Waals surface area contributed by atoms with Crippen LogP contribution >= 0.6 is 34.8 Å². The van der Waals surface area contributed by atoms with Gasteiger partial charge < -0.3 is 10.1 Å². The molecule has 0 aromatic heterocycles. The van der Waals surface area contributed by atoms with Crippen molar-refractivity contribution in [3.05, 3.63) is 63.1 Å². The Morgan fingerprint density at radius 3 is 2.36 bits per heavy atom. The van der Waals surface area contributed by atoms with Gasteiger partial charge in [-0.05, 0) is 42.0 Å². The summed E-state index contributed by atoms with van der Waals surface area (Å²) in [6, 6.07) is 8.69. The molecule has 0 spiro atoms. The molecule has 148 valence electrons. The molecule has 1 amide bonds. The molecular formula is C18H14Cl3NO5S. The van der Waals surface area contributed by atoms with E-state index in [1.807, 2.05) is 0 Å². The first-order valence-corrected chi connectivity index (χ1v) is 10.7. The van der Waals surface area contributed by atoms with Crippen LogP contribution in [0.2, 0.25) is 15.1 Å². The number of esters is 1. The Labute approximate surface area is 177 Å². The Hall–Kier alpha value is -2.06. The fourth-order valence-corrected chi connectivity index (χ4v) is 3.10. The number of benzene rings is 2. The van der Waals surface area contributed by atoms with Gasteiger partial charge in [0.2, 0.25) is 0 Å². The number of anilines is 1. The highest BCUT2D eigenvalue weighted by atomic mass is 35.5. The number of rotatable bonds is 6. The average Bonchev–Trinajstić information content (AvgIpc) is 2.62. The van der Waals surface area contributed by atoms with E-state index in [0.29, 0.717) is 15.6 Å². The van der Waals surface area contributed by atoms with E-state index in [9.17, 15) is 18.0 Å². The maximum absolute atomic E-state index is 11.9. The van der Waals surface area contributed by atoms with Crippen molar-refractivity contribution in [1.29, 1.82) is 0 Å². The summed E-state index contributed by atoms with van der Waals surface area (Å²) in [5.74, 6) is -1.43. The molecule has 2 aromatic carbocycles. The Kier molecular flexibility index (Phi) is 7.48. The minimum Gasteiger partial charge on any atom is -0.452 e. The van der Waals surface area contributed by atoms with E-state index in [2.05, 4.69) is 5.32 Å². The molecule has 28 heavy (non-hydrogen) atoms. The SMILES string of the molecule is CS(=O)(=O)c1ccc(Cl)c(NC(=O)COC(=O)/C=C/c2ccc(Cl)c(Cl)c2)c1. The van der Waals surface area contributed by atoms with E-state index in [1.165, 1.54) is 24.3 Å². The summed E-state index contributed by atoms with van der Waals surface area (Å²) in [5, 5.41) is 3.27. The molecule has 6 nitrogen and oxygen atoms in total. The molecule has 0 atom stereocenters. The van der Waals surface area contributed by atoms with Gasteiger partial charge in [0.15, 0.2) is 16.4 Å². The van der Waals surface area contributed by atoms with Crippen LogP contribution in [0.15, 0.2) is 47.4 Å². The maximum atomic E-state index is 11.9. The van der Waals surface area contributed by atoms with Crippen molar-refractivity contribution in [2.24, 2.45) is 0 Å². The number of halogens is 3. The van der Waals surface area contributed by atoms with E-state index in [-0.39, 0.29) is 15.6 Å². The first-order valence-electron chi connectivity index (χ1n) is 7.65. The molecule has 0 aliphatic heterocycles. The Balaban J connectivity index is 1.94. The lowest BCUT2D eigenvalue weighted by atomic mass is 10.2. The van der Waals surface area contributed by atoms with Gasteiger partial charge in [0.05, 0.1) is 25.7 Å². The molecule has 10 heteroatoms. The van der Waals surface area contributed by atoms with Crippen LogP contribution < -0.4 is 5.32 Å². The Morgan fingerprint density at radius 2 is 1.71 bits per heavy atom. The summed E-state index contributed by atoms with van der Waals surface area (Å²) in [7, 11) is -3.47. The largest absolute Gasteiger partial charge is 0.452 e. The second kappa shape index (κ2) is 9.43. The monoisotopic (exact) mass is 461 g/mol. The van der Waals surface area contributed by atoms with Crippen molar-refractivity contribution >= 4 is 68.3 Å². The van der Waals surface area contributed by atoms with Gasteiger partial charge in [-0.1, -0.05) is 40.9 Å². The first-order chi connectivity index (χ1) is 13.1. The van der Waals surface area contributed by atoms with Gasteiger partial charge in [0.25, 0.3) is 5.91 Å². The van der Waals surface area contributed by atoms with Crippen LogP contribution in [0.25, 0.3) is 6.08 Å². The summed E-state index contributed by atoms with van der Waals surface area (Å²) in [5.41, 5.74) is 0.720. The van der Waals surface area contributed by atoms with Gasteiger partial charge >= 0.3 is 5.97 Å². The highest BCUT2D eigenvalue weighted by molar-refractivity contribution is 7.90. The van der Waals surface area contributed by atoms with Crippen molar-refractivity contribution < 1.29 is 22.7 Å². The lowest BCUT2D eigenvalue weighted by Crippen LogP contribution is -2.20. The van der Waals surface area contributed by atoms with Crippen LogP contribution in [0.4, 0.5) is 5.69 Å². The molecule has 0 saturated carbocycles. The molecule has 0 bridgehead atoms. The Bertz CT molecular complexity index is 1050. The average molecular weight is 463 g/mol. The summed E-state index contributed by atoms with van der Waals surface area (Å²) in [6.07, 6.45) is 3.61. The van der Waals surface area contributed by atoms with Crippen LogP contribution in [0.5, 0.6) is 0 Å². The van der Waals surface area contributed by atoms with E-state index in [1.54, 1.807) is 18.2 Å². The third-order valence-electron chi connectivity index (χ3n) is 3.34. The number of amides is 1. The number of hydrogen-bond acceptors (Lipinski definition) is 5. The number of hydrogen-bond donors (Lipinski definition) is 1. The summed E-state index contributed by atoms with van der Waals surface area (Å²) in [6.45, 7) is -0.579. The topological polar surface area (TPSA) is 89.5 Å². The number of sulfone groups is 1. The van der Waals surface area contributed by atoms with Crippen LogP contribution in [-0.4, -0.2) is 33.2 Å². The van der Waals surface area contributed by atoms with Crippen LogP contribution in [0.1, 0.15) is 5.56 Å². The molecule has 0 fully saturated rings. The molecular weight excluding hydrogens is 449 g/mol. The second-order valence-corrected chi connectivity index (χ2v) is 8.81. The smallest absolute Gasteiger partial charge is 0.331 e. The molecule has 0 heterocycles. The van der Waals surface area contributed by atoms with Crippen molar-refractivity contribution in [2.75, 3.05) is 18.2 Å². The van der Waals surface area contributed by atoms with Gasteiger partial charge in [-0.25, -0.2) is 13.2 Å². The predicted octanol–water partition coefficient (Wildman–Crippen LogP) is 4.25. The number of carbonyl (C=O) groups excluding carboxylic acids is 2. The number of ether oxygens (including phenoxy) is 1. The standard InChI is InChI=1S/C18H14Cl3NO5S/c1-28(25,26)12-4-6-14(20)16(9-12)22-17(23)10-27-18(24)7-3-11-2-5-13(19)15(21)8-11/h2-9H,10H2,1H3,(H,22,23)/b7-3+. The van der Waals surface area contributed by atoms with Crippen molar-refractivity contribution in [1.82, 2.24) is 0 Å². The highest BCUT2D eigenvalue weighted by Gasteiger charge is 2.13. The summed E-state index contributed by atoms with van der Waals surface area (Å²) < 4.78 is 28.0. The maximum Gasteiger partial charge on any atom is 0.331 e. The highest BCUT2D eigenvalue weighted by Crippen LogP contribution is 2.25. The molecule has 0 aliphatic rings. The third-order valence-corrected chi connectivity index (χ3v) is 5.52. The summed E-state index contributed by atoms with van der Waals surface area (Å²) in [4.78, 5) is 23.7. The lowest BCUT2D eigenvalue weighted by Gasteiger charge is -2.09. The quantitative estimate of drug-likeness (QED) is 0.512. The molecule has 0 saturated heterocycles. The van der Waals surface area contributed by atoms with Gasteiger partial charge in [-0.15, -0.1) is 0 Å². The number of nitrogens with one attached hydrogen (secondary N) is 1. The predicted molar refractivity (Wildman–Crippen MR) is 110 cm³/mol. The van der Waals surface area contributed by atoms with Crippen LogP contribution in [0, 0.1) is 0 Å². The fraction of sp³-hybridized carbons (Fsp3) is 0.111. The fourth-order valence-electron chi connectivity index (χ4n) is 1.98. The van der Waals surface area contributed by atoms with E-state index in [0.717, 1.165) is 12.3 Å². The van der Waals surface area contributed by atoms with Gasteiger partial charge in [0.1, 0.15) is 0 Å². The van der Waals surface area contributed by atoms with Crippen molar-refractivity contribution in [3.8, 4) is 0 Å². The van der Waals surface area contributed by atoms with Crippen LogP contribution in [0.3, 0.4) is 0 Å². The normalized spacial score (nSPS) is 11.4. The molecule has 0 unspecified atom stereocenters. The summed E-state index contributed by atoms with van der Waals surface area (Å²) >= 11 is 17.6. The van der Waals surface area contributed by atoms with Crippen molar-refractivity contribution in [2.45, 2.75) is 4.90 Å². The van der Waals surface area contributed by atoms with Gasteiger partial charge in [0, 0.05) is 12.3 Å². The van der Waals surface area contributed by atoms with E-state index in [4.69, 9.17) is 39.5 Å². The zero-order valence-electron chi connectivity index (χ0n) is 14.4. The van der Waals surface area contributed by atoms with E-state index >= 15 is 0 Å². The molecule has 2 aromatic rings. The first kappa shape index (κ1) is 22.2. The lowest BCUT2D eigenvalue weighted by molar-refractivity contribution is -0.142.